The molecule has 120 valence electrons. The monoisotopic (exact) mass is 303 g/mol. The molecule has 1 saturated carbocycles. The molecular formula is C18H25NO3. The van der Waals surface area contributed by atoms with Crippen LogP contribution in [0.2, 0.25) is 0 Å². The minimum atomic E-state index is -0.916. The fraction of sp³-hybridized carbons (Fsp3) is 0.611. The number of rotatable bonds is 4. The minimum Gasteiger partial charge on any atom is -0.465 e. The topological polar surface area (TPSA) is 60.8 Å². The first kappa shape index (κ1) is 15.3. The van der Waals surface area contributed by atoms with Crippen molar-refractivity contribution in [3.8, 4) is 0 Å². The Morgan fingerprint density at radius 3 is 2.45 bits per heavy atom. The van der Waals surface area contributed by atoms with E-state index >= 15 is 0 Å². The van der Waals surface area contributed by atoms with E-state index in [9.17, 15) is 15.0 Å². The number of carbonyl (C=O) groups is 1. The first-order valence-electron chi connectivity index (χ1n) is 8.18. The first-order valence-corrected chi connectivity index (χ1v) is 8.18. The Morgan fingerprint density at radius 2 is 1.95 bits per heavy atom. The van der Waals surface area contributed by atoms with Crippen molar-refractivity contribution in [3.63, 3.8) is 0 Å². The van der Waals surface area contributed by atoms with Crippen LogP contribution in [0.4, 0.5) is 4.79 Å². The third kappa shape index (κ3) is 2.12. The molecule has 1 heterocycles. The summed E-state index contributed by atoms with van der Waals surface area (Å²) in [6.07, 6.45) is 2.22. The van der Waals surface area contributed by atoms with Crippen LogP contribution in [0.15, 0.2) is 30.3 Å². The molecule has 2 atom stereocenters. The molecule has 2 N–H and O–H groups in total. The van der Waals surface area contributed by atoms with E-state index < -0.39 is 17.2 Å². The number of amides is 1. The number of aliphatic hydroxyl groups is 1. The van der Waals surface area contributed by atoms with Gasteiger partial charge in [0.1, 0.15) is 0 Å². The maximum absolute atomic E-state index is 11.9. The lowest BCUT2D eigenvalue weighted by atomic mass is 9.67. The van der Waals surface area contributed by atoms with E-state index in [0.29, 0.717) is 19.4 Å². The Morgan fingerprint density at radius 1 is 1.32 bits per heavy atom. The zero-order chi connectivity index (χ0) is 16.0. The number of benzene rings is 1. The van der Waals surface area contributed by atoms with Gasteiger partial charge in [-0.1, -0.05) is 44.2 Å². The Labute approximate surface area is 131 Å². The molecule has 3 rings (SSSR count). The van der Waals surface area contributed by atoms with E-state index in [2.05, 4.69) is 0 Å². The fourth-order valence-corrected chi connectivity index (χ4v) is 4.49. The zero-order valence-corrected chi connectivity index (χ0v) is 13.3. The summed E-state index contributed by atoms with van der Waals surface area (Å²) in [7, 11) is 0. The van der Waals surface area contributed by atoms with Crippen molar-refractivity contribution < 1.29 is 15.0 Å². The molecular weight excluding hydrogens is 278 g/mol. The van der Waals surface area contributed by atoms with Crippen LogP contribution in [-0.2, 0) is 6.42 Å². The van der Waals surface area contributed by atoms with Gasteiger partial charge >= 0.3 is 6.09 Å². The second-order valence-corrected chi connectivity index (χ2v) is 7.12. The number of likely N-dealkylation sites (tertiary alicyclic amines) is 1. The highest BCUT2D eigenvalue weighted by molar-refractivity contribution is 5.67. The van der Waals surface area contributed by atoms with Gasteiger partial charge in [0.15, 0.2) is 0 Å². The minimum absolute atomic E-state index is 0.0527. The summed E-state index contributed by atoms with van der Waals surface area (Å²) >= 11 is 0. The van der Waals surface area contributed by atoms with Crippen LogP contribution in [-0.4, -0.2) is 38.9 Å². The summed E-state index contributed by atoms with van der Waals surface area (Å²) in [4.78, 5) is 13.4. The van der Waals surface area contributed by atoms with E-state index in [-0.39, 0.29) is 11.8 Å². The smallest absolute Gasteiger partial charge is 0.407 e. The number of carboxylic acid groups (broad SMARTS) is 1. The second-order valence-electron chi connectivity index (χ2n) is 7.12. The Hall–Kier alpha value is -1.55. The normalized spacial score (nSPS) is 31.7. The van der Waals surface area contributed by atoms with Gasteiger partial charge in [-0.25, -0.2) is 4.79 Å². The molecule has 0 spiro atoms. The van der Waals surface area contributed by atoms with Crippen molar-refractivity contribution in [3.05, 3.63) is 35.9 Å². The average molecular weight is 303 g/mol. The summed E-state index contributed by atoms with van der Waals surface area (Å²) in [5, 5.41) is 21.2. The molecule has 0 bridgehead atoms. The molecule has 2 fully saturated rings. The molecule has 1 amide bonds. The van der Waals surface area contributed by atoms with Crippen LogP contribution in [0.25, 0.3) is 0 Å². The molecule has 1 saturated heterocycles. The van der Waals surface area contributed by atoms with Crippen LogP contribution >= 0.6 is 0 Å². The van der Waals surface area contributed by atoms with Crippen molar-refractivity contribution in [1.29, 1.82) is 0 Å². The lowest BCUT2D eigenvalue weighted by Gasteiger charge is -2.49. The van der Waals surface area contributed by atoms with Crippen LogP contribution in [0.5, 0.6) is 0 Å². The second kappa shape index (κ2) is 5.27. The van der Waals surface area contributed by atoms with Gasteiger partial charge in [0.05, 0.1) is 11.1 Å². The summed E-state index contributed by atoms with van der Waals surface area (Å²) < 4.78 is 0. The van der Waals surface area contributed by atoms with E-state index in [4.69, 9.17) is 0 Å². The number of hydrogen-bond donors (Lipinski definition) is 2. The number of hydrogen-bond acceptors (Lipinski definition) is 2. The molecule has 1 aromatic carbocycles. The molecule has 1 aliphatic carbocycles. The van der Waals surface area contributed by atoms with Crippen molar-refractivity contribution in [2.75, 3.05) is 6.54 Å². The maximum Gasteiger partial charge on any atom is 0.407 e. The Balaban J connectivity index is 2.08. The van der Waals surface area contributed by atoms with Gasteiger partial charge in [-0.15, -0.1) is 0 Å². The van der Waals surface area contributed by atoms with E-state index in [1.165, 1.54) is 4.90 Å². The quantitative estimate of drug-likeness (QED) is 0.898. The summed E-state index contributed by atoms with van der Waals surface area (Å²) in [6, 6.07) is 9.95. The molecule has 0 radical (unpaired) electrons. The molecule has 22 heavy (non-hydrogen) atoms. The van der Waals surface area contributed by atoms with Gasteiger partial charge in [-0.3, -0.25) is 4.90 Å². The molecule has 4 nitrogen and oxygen atoms in total. The van der Waals surface area contributed by atoms with Gasteiger partial charge in [-0.05, 0) is 43.1 Å². The maximum atomic E-state index is 11.9. The average Bonchev–Trinajstić information content (AvgIpc) is 3.27. The highest BCUT2D eigenvalue weighted by Crippen LogP contribution is 2.56. The van der Waals surface area contributed by atoms with Gasteiger partial charge in [0.2, 0.25) is 0 Å². The van der Waals surface area contributed by atoms with Gasteiger partial charge in [0.25, 0.3) is 0 Å². The van der Waals surface area contributed by atoms with Gasteiger partial charge < -0.3 is 10.2 Å². The predicted octanol–water partition coefficient (Wildman–Crippen LogP) is 3.15. The predicted molar refractivity (Wildman–Crippen MR) is 84.7 cm³/mol. The molecule has 0 unspecified atom stereocenters. The molecule has 2 aliphatic rings. The third-order valence-corrected chi connectivity index (χ3v) is 5.70. The molecule has 1 aliphatic heterocycles. The first-order chi connectivity index (χ1) is 10.4. The highest BCUT2D eigenvalue weighted by Gasteiger charge is 2.66. The lowest BCUT2D eigenvalue weighted by molar-refractivity contribution is -0.0954. The summed E-state index contributed by atoms with van der Waals surface area (Å²) in [5.74, 6) is 0.292. The standard InChI is InChI=1S/C18H25NO3/c1-13(2)17(12-14-6-4-3-5-7-14)18(22,15-8-9-15)10-11-19(17)16(20)21/h3-7,13,15,22H,8-12H2,1-2H3,(H,20,21)/t17-,18-/m0/s1. The largest absolute Gasteiger partial charge is 0.465 e. The van der Waals surface area contributed by atoms with E-state index in [0.717, 1.165) is 18.4 Å². The Bertz CT molecular complexity index is 555. The molecule has 0 aromatic heterocycles. The van der Waals surface area contributed by atoms with Gasteiger partial charge in [-0.2, -0.15) is 0 Å². The summed E-state index contributed by atoms with van der Waals surface area (Å²) in [6.45, 7) is 4.50. The molecule has 1 aromatic rings. The van der Waals surface area contributed by atoms with Crippen molar-refractivity contribution in [1.82, 2.24) is 4.90 Å². The van der Waals surface area contributed by atoms with E-state index in [1.54, 1.807) is 0 Å². The van der Waals surface area contributed by atoms with Crippen LogP contribution in [0, 0.1) is 11.8 Å². The highest BCUT2D eigenvalue weighted by atomic mass is 16.4. The fourth-order valence-electron chi connectivity index (χ4n) is 4.49. The van der Waals surface area contributed by atoms with Crippen LogP contribution < -0.4 is 0 Å². The summed E-state index contributed by atoms with van der Waals surface area (Å²) in [5.41, 5.74) is -0.556. The van der Waals surface area contributed by atoms with Crippen molar-refractivity contribution in [2.45, 2.75) is 50.7 Å². The SMILES string of the molecule is CC(C)[C@]1(Cc2ccccc2)N(C(=O)O)CC[C@]1(O)C1CC1. The third-order valence-electron chi connectivity index (χ3n) is 5.70. The Kier molecular flexibility index (Phi) is 3.68. The van der Waals surface area contributed by atoms with Crippen molar-refractivity contribution in [2.24, 2.45) is 11.8 Å². The van der Waals surface area contributed by atoms with E-state index in [1.807, 2.05) is 44.2 Å². The van der Waals surface area contributed by atoms with Crippen LogP contribution in [0.3, 0.4) is 0 Å². The zero-order valence-electron chi connectivity index (χ0n) is 13.3. The number of nitrogens with zero attached hydrogens (tertiary/aromatic N) is 1. The lowest BCUT2D eigenvalue weighted by Crippen LogP contribution is -2.64. The molecule has 4 heteroatoms. The van der Waals surface area contributed by atoms with Crippen LogP contribution in [0.1, 0.15) is 38.7 Å². The van der Waals surface area contributed by atoms with Gasteiger partial charge in [0, 0.05) is 6.54 Å². The van der Waals surface area contributed by atoms with Crippen molar-refractivity contribution >= 4 is 6.09 Å².